The van der Waals surface area contributed by atoms with E-state index in [4.69, 9.17) is 23.8 Å². The molecule has 0 radical (unpaired) electrons. The monoisotopic (exact) mass is 793 g/mol. The molecule has 12 rings (SSSR count). The Morgan fingerprint density at radius 1 is 0.242 bits per heavy atom. The fraction of sp³-hybridized carbons (Fsp3) is 0. The maximum atomic E-state index is 6.49. The molecule has 290 valence electrons. The second-order valence-electron chi connectivity index (χ2n) is 15.5. The topological polar surface area (TPSA) is 65.0 Å². The van der Waals surface area contributed by atoms with E-state index in [0.717, 1.165) is 93.9 Å². The highest BCUT2D eigenvalue weighted by atomic mass is 16.3. The smallest absolute Gasteiger partial charge is 0.164 e. The van der Waals surface area contributed by atoms with Crippen molar-refractivity contribution in [1.82, 2.24) is 15.0 Å². The highest BCUT2D eigenvalue weighted by Gasteiger charge is 2.21. The first-order chi connectivity index (χ1) is 30.7. The minimum Gasteiger partial charge on any atom is -0.456 e. The van der Waals surface area contributed by atoms with Crippen LogP contribution in [0.25, 0.3) is 123 Å². The SMILES string of the molecule is c1ccc(-c2ccc3oc4cccc(-c5nc(-c6ccc(-c7ccccc7-c7ccccc7)cc6)nc(-c6cccc7oc8ccc(-c9ccccc9)cc8c67)n5)c4c3c2)cc1. The van der Waals surface area contributed by atoms with E-state index in [0.29, 0.717) is 17.5 Å². The van der Waals surface area contributed by atoms with Crippen LogP contribution in [0.2, 0.25) is 0 Å². The van der Waals surface area contributed by atoms with E-state index >= 15 is 0 Å². The van der Waals surface area contributed by atoms with Crippen molar-refractivity contribution in [2.24, 2.45) is 0 Å². The minimum absolute atomic E-state index is 0.552. The minimum atomic E-state index is 0.552. The number of benzene rings is 9. The van der Waals surface area contributed by atoms with Gasteiger partial charge in [0.15, 0.2) is 17.5 Å². The summed E-state index contributed by atoms with van der Waals surface area (Å²) in [5, 5.41) is 3.91. The highest BCUT2D eigenvalue weighted by molar-refractivity contribution is 6.14. The van der Waals surface area contributed by atoms with Gasteiger partial charge >= 0.3 is 0 Å². The summed E-state index contributed by atoms with van der Waals surface area (Å²) in [5.41, 5.74) is 14.8. The quantitative estimate of drug-likeness (QED) is 0.161. The van der Waals surface area contributed by atoms with Crippen LogP contribution in [-0.4, -0.2) is 15.0 Å². The maximum absolute atomic E-state index is 6.49. The molecule has 5 nitrogen and oxygen atoms in total. The molecule has 0 saturated carbocycles. The predicted octanol–water partition coefficient (Wildman–Crippen LogP) is 15.3. The van der Waals surface area contributed by atoms with E-state index in [1.54, 1.807) is 0 Å². The van der Waals surface area contributed by atoms with Crippen molar-refractivity contribution < 1.29 is 8.83 Å². The number of furan rings is 2. The first kappa shape index (κ1) is 35.5. The second-order valence-corrected chi connectivity index (χ2v) is 15.5. The summed E-state index contributed by atoms with van der Waals surface area (Å²) >= 11 is 0. The van der Waals surface area contributed by atoms with E-state index in [2.05, 4.69) is 170 Å². The van der Waals surface area contributed by atoms with Crippen molar-refractivity contribution in [2.45, 2.75) is 0 Å². The Bertz CT molecular complexity index is 3440. The third-order valence-corrected chi connectivity index (χ3v) is 11.8. The Morgan fingerprint density at radius 3 is 1.10 bits per heavy atom. The molecule has 0 aliphatic carbocycles. The van der Waals surface area contributed by atoms with Crippen LogP contribution in [0.15, 0.2) is 221 Å². The number of nitrogens with zero attached hydrogens (tertiary/aromatic N) is 3. The van der Waals surface area contributed by atoms with Gasteiger partial charge in [-0.2, -0.15) is 0 Å². The van der Waals surface area contributed by atoms with Crippen LogP contribution in [-0.2, 0) is 0 Å². The van der Waals surface area contributed by atoms with Crippen molar-refractivity contribution in [2.75, 3.05) is 0 Å². The van der Waals surface area contributed by atoms with Gasteiger partial charge in [-0.3, -0.25) is 0 Å². The molecule has 62 heavy (non-hydrogen) atoms. The van der Waals surface area contributed by atoms with Crippen LogP contribution in [0.4, 0.5) is 0 Å². The van der Waals surface area contributed by atoms with Crippen molar-refractivity contribution in [3.8, 4) is 78.7 Å². The van der Waals surface area contributed by atoms with E-state index < -0.39 is 0 Å². The van der Waals surface area contributed by atoms with Crippen molar-refractivity contribution in [3.63, 3.8) is 0 Å². The first-order valence-electron chi connectivity index (χ1n) is 20.8. The van der Waals surface area contributed by atoms with Gasteiger partial charge in [0.05, 0.1) is 0 Å². The van der Waals surface area contributed by atoms with Crippen LogP contribution in [0.1, 0.15) is 0 Å². The molecule has 0 bridgehead atoms. The summed E-state index contributed by atoms with van der Waals surface area (Å²) in [7, 11) is 0. The van der Waals surface area contributed by atoms with Gasteiger partial charge in [0.2, 0.25) is 0 Å². The molecule has 0 spiro atoms. The Kier molecular flexibility index (Phi) is 8.42. The van der Waals surface area contributed by atoms with Crippen LogP contribution >= 0.6 is 0 Å². The Labute approximate surface area is 357 Å². The fourth-order valence-electron chi connectivity index (χ4n) is 8.80. The molecule has 0 amide bonds. The molecular formula is C57H35N3O2. The number of hydrogen-bond donors (Lipinski definition) is 0. The van der Waals surface area contributed by atoms with E-state index in [9.17, 15) is 0 Å². The molecule has 0 N–H and O–H groups in total. The fourth-order valence-corrected chi connectivity index (χ4v) is 8.80. The first-order valence-corrected chi connectivity index (χ1v) is 20.8. The van der Waals surface area contributed by atoms with Gasteiger partial charge in [-0.05, 0) is 80.9 Å². The number of fused-ring (bicyclic) bond motifs is 6. The summed E-state index contributed by atoms with van der Waals surface area (Å²) in [6.07, 6.45) is 0. The molecule has 12 aromatic rings. The van der Waals surface area contributed by atoms with Crippen LogP contribution in [0.5, 0.6) is 0 Å². The molecule has 0 saturated heterocycles. The average Bonchev–Trinajstić information content (AvgIpc) is 3.93. The lowest BCUT2D eigenvalue weighted by Gasteiger charge is -2.12. The normalized spacial score (nSPS) is 11.5. The Balaban J connectivity index is 1.07. The molecule has 9 aromatic carbocycles. The van der Waals surface area contributed by atoms with Gasteiger partial charge < -0.3 is 8.83 Å². The summed E-state index contributed by atoms with van der Waals surface area (Å²) < 4.78 is 13.0. The number of rotatable bonds is 7. The van der Waals surface area contributed by atoms with Crippen molar-refractivity contribution in [3.05, 3.63) is 212 Å². The molecule has 5 heteroatoms. The van der Waals surface area contributed by atoms with Gasteiger partial charge in [0.25, 0.3) is 0 Å². The van der Waals surface area contributed by atoms with Gasteiger partial charge in [-0.15, -0.1) is 0 Å². The zero-order chi connectivity index (χ0) is 41.0. The molecule has 3 heterocycles. The van der Waals surface area contributed by atoms with Crippen molar-refractivity contribution in [1.29, 1.82) is 0 Å². The molecule has 0 unspecified atom stereocenters. The zero-order valence-electron chi connectivity index (χ0n) is 33.4. The van der Waals surface area contributed by atoms with E-state index in [1.165, 1.54) is 11.1 Å². The standard InChI is InChI=1S/C57H35N3O2/c1-4-14-36(15-5-1)41-30-32-49-47(34-41)53-45(22-12-24-51(53)61-49)56-58-55(40-28-26-39(27-29-40)44-21-11-10-20-43(44)38-18-8-3-9-19-38)59-57(60-56)46-23-13-25-52-54(46)48-35-42(31-33-50(48)62-52)37-16-6-2-7-17-37/h1-35H. The van der Waals surface area contributed by atoms with Gasteiger partial charge in [0, 0.05) is 38.2 Å². The Hall–Kier alpha value is -8.41. The number of hydrogen-bond acceptors (Lipinski definition) is 5. The van der Waals surface area contributed by atoms with E-state index in [1.807, 2.05) is 42.5 Å². The molecule has 0 aliphatic rings. The molecule has 0 fully saturated rings. The van der Waals surface area contributed by atoms with Gasteiger partial charge in [-0.25, -0.2) is 15.0 Å². The molecular weight excluding hydrogens is 759 g/mol. The molecule has 0 aliphatic heterocycles. The lowest BCUT2D eigenvalue weighted by Crippen LogP contribution is -2.01. The van der Waals surface area contributed by atoms with Gasteiger partial charge in [0.1, 0.15) is 22.3 Å². The summed E-state index contributed by atoms with van der Waals surface area (Å²) in [5.74, 6) is 1.67. The highest BCUT2D eigenvalue weighted by Crippen LogP contribution is 2.41. The Morgan fingerprint density at radius 2 is 0.613 bits per heavy atom. The van der Waals surface area contributed by atoms with Crippen LogP contribution in [0, 0.1) is 0 Å². The predicted molar refractivity (Wildman–Crippen MR) is 252 cm³/mol. The third kappa shape index (κ3) is 6.14. The average molecular weight is 794 g/mol. The molecule has 0 atom stereocenters. The van der Waals surface area contributed by atoms with Crippen LogP contribution in [0.3, 0.4) is 0 Å². The summed E-state index contributed by atoms with van der Waals surface area (Å²) in [6.45, 7) is 0. The largest absolute Gasteiger partial charge is 0.456 e. The van der Waals surface area contributed by atoms with Crippen molar-refractivity contribution >= 4 is 43.9 Å². The molecule has 3 aromatic heterocycles. The number of aromatic nitrogens is 3. The lowest BCUT2D eigenvalue weighted by atomic mass is 9.94. The maximum Gasteiger partial charge on any atom is 0.164 e. The summed E-state index contributed by atoms with van der Waals surface area (Å²) in [4.78, 5) is 15.9. The lowest BCUT2D eigenvalue weighted by molar-refractivity contribution is 0.668. The van der Waals surface area contributed by atoms with E-state index in [-0.39, 0.29) is 0 Å². The zero-order valence-corrected chi connectivity index (χ0v) is 33.4. The second kappa shape index (κ2) is 14.7. The van der Waals surface area contributed by atoms with Crippen LogP contribution < -0.4 is 0 Å². The third-order valence-electron chi connectivity index (χ3n) is 11.8. The van der Waals surface area contributed by atoms with Gasteiger partial charge in [-0.1, -0.05) is 176 Å². The summed E-state index contributed by atoms with van der Waals surface area (Å²) in [6, 6.07) is 73.4.